The van der Waals surface area contributed by atoms with Gasteiger partial charge < -0.3 is 5.32 Å². The van der Waals surface area contributed by atoms with Gasteiger partial charge in [0.2, 0.25) is 5.91 Å². The highest BCUT2D eigenvalue weighted by molar-refractivity contribution is 7.80. The Bertz CT molecular complexity index is 397. The Hall–Kier alpha value is -0.550. The highest BCUT2D eigenvalue weighted by Gasteiger charge is 2.43. The normalized spacial score (nSPS) is 17.8. The van der Waals surface area contributed by atoms with Crippen LogP contribution in [0.5, 0.6) is 0 Å². The van der Waals surface area contributed by atoms with Crippen LogP contribution in [0.3, 0.4) is 0 Å². The molecule has 0 unspecified atom stereocenters. The summed E-state index contributed by atoms with van der Waals surface area (Å²) in [6, 6.07) is 0. The van der Waals surface area contributed by atoms with Gasteiger partial charge in [-0.1, -0.05) is 0 Å². The van der Waals surface area contributed by atoms with Gasteiger partial charge in [0.05, 0.1) is 5.54 Å². The van der Waals surface area contributed by atoms with Crippen molar-refractivity contribution in [3.05, 3.63) is 16.6 Å². The van der Waals surface area contributed by atoms with E-state index in [-0.39, 0.29) is 16.9 Å². The molecule has 0 saturated heterocycles. The number of nitrogens with zero attached hydrogens (tertiary/aromatic N) is 1. The molecule has 1 aliphatic rings. The fourth-order valence-corrected chi connectivity index (χ4v) is 3.03. The molecule has 1 aliphatic carbocycles. The van der Waals surface area contributed by atoms with Crippen LogP contribution in [0, 0.1) is 5.41 Å². The molecule has 0 radical (unpaired) electrons. The number of thiazole rings is 1. The second kappa shape index (κ2) is 4.61. The summed E-state index contributed by atoms with van der Waals surface area (Å²) < 4.78 is 0. The van der Waals surface area contributed by atoms with E-state index in [9.17, 15) is 4.79 Å². The molecule has 1 amide bonds. The molecule has 2 rings (SSSR count). The first kappa shape index (κ1) is 12.9. The molecule has 5 heteroatoms. The minimum Gasteiger partial charge on any atom is -0.345 e. The zero-order chi connectivity index (χ0) is 12.5. The smallest absolute Gasteiger partial charge is 0.221 e. The fourth-order valence-electron chi connectivity index (χ4n) is 1.89. The quantitative estimate of drug-likeness (QED) is 0.808. The molecule has 0 atom stereocenters. The van der Waals surface area contributed by atoms with Gasteiger partial charge in [-0.05, 0) is 37.9 Å². The van der Waals surface area contributed by atoms with Crippen molar-refractivity contribution in [2.24, 2.45) is 5.41 Å². The van der Waals surface area contributed by atoms with Gasteiger partial charge in [-0.3, -0.25) is 4.79 Å². The lowest BCUT2D eigenvalue weighted by Gasteiger charge is -2.25. The van der Waals surface area contributed by atoms with Gasteiger partial charge in [-0.2, -0.15) is 12.6 Å². The molecular weight excluding hydrogens is 252 g/mol. The molecule has 0 bridgehead atoms. The lowest BCUT2D eigenvalue weighted by molar-refractivity contribution is -0.123. The number of nitrogens with one attached hydrogen (secondary N) is 1. The first-order valence-corrected chi connectivity index (χ1v) is 7.31. The van der Waals surface area contributed by atoms with Gasteiger partial charge in [0.1, 0.15) is 5.01 Å². The lowest BCUT2D eigenvalue weighted by Crippen LogP contribution is -2.41. The number of carbonyl (C=O) groups is 1. The second-order valence-corrected chi connectivity index (χ2v) is 6.56. The Morgan fingerprint density at radius 3 is 2.82 bits per heavy atom. The maximum absolute atomic E-state index is 12.0. The van der Waals surface area contributed by atoms with Crippen LogP contribution in [0.15, 0.2) is 11.6 Å². The number of carbonyl (C=O) groups excluding carboxylic acids is 1. The van der Waals surface area contributed by atoms with Crippen molar-refractivity contribution in [1.82, 2.24) is 10.3 Å². The highest BCUT2D eigenvalue weighted by atomic mass is 32.1. The van der Waals surface area contributed by atoms with Crippen molar-refractivity contribution in [2.75, 3.05) is 5.75 Å². The van der Waals surface area contributed by atoms with E-state index < -0.39 is 0 Å². The molecule has 0 spiro atoms. The fraction of sp³-hybridized carbons (Fsp3) is 0.667. The molecular formula is C12H18N2OS2. The average Bonchev–Trinajstić information content (AvgIpc) is 2.81. The Labute approximate surface area is 111 Å². The third kappa shape index (κ3) is 3.01. The summed E-state index contributed by atoms with van der Waals surface area (Å²) in [5, 5.41) is 5.94. The molecule has 1 aromatic heterocycles. The Morgan fingerprint density at radius 1 is 1.65 bits per heavy atom. The topological polar surface area (TPSA) is 42.0 Å². The van der Waals surface area contributed by atoms with Crippen molar-refractivity contribution >= 4 is 29.9 Å². The first-order valence-electron chi connectivity index (χ1n) is 5.79. The van der Waals surface area contributed by atoms with Crippen LogP contribution >= 0.6 is 24.0 Å². The maximum Gasteiger partial charge on any atom is 0.221 e. The minimum atomic E-state index is -0.377. The molecule has 94 valence electrons. The van der Waals surface area contributed by atoms with Crippen LogP contribution in [0.25, 0.3) is 0 Å². The molecule has 0 aromatic carbocycles. The SMILES string of the molecule is CC(C)(NC(=O)CC1(CS)CC1)c1nccs1. The molecule has 3 nitrogen and oxygen atoms in total. The van der Waals surface area contributed by atoms with Gasteiger partial charge in [0.25, 0.3) is 0 Å². The van der Waals surface area contributed by atoms with Crippen molar-refractivity contribution in [3.8, 4) is 0 Å². The van der Waals surface area contributed by atoms with E-state index >= 15 is 0 Å². The van der Waals surface area contributed by atoms with Crippen molar-refractivity contribution in [2.45, 2.75) is 38.6 Å². The molecule has 0 aliphatic heterocycles. The summed E-state index contributed by atoms with van der Waals surface area (Å²) in [5.74, 6) is 0.912. The molecule has 1 heterocycles. The van der Waals surface area contributed by atoms with Gasteiger partial charge >= 0.3 is 0 Å². The van der Waals surface area contributed by atoms with Gasteiger partial charge in [-0.25, -0.2) is 4.98 Å². The van der Waals surface area contributed by atoms with E-state index in [2.05, 4.69) is 22.9 Å². The largest absolute Gasteiger partial charge is 0.345 e. The first-order chi connectivity index (χ1) is 7.97. The molecule has 17 heavy (non-hydrogen) atoms. The Balaban J connectivity index is 1.94. The molecule has 1 fully saturated rings. The predicted octanol–water partition coefficient (Wildman–Crippen LogP) is 2.59. The number of thiol groups is 1. The summed E-state index contributed by atoms with van der Waals surface area (Å²) in [7, 11) is 0. The number of hydrogen-bond acceptors (Lipinski definition) is 4. The van der Waals surface area contributed by atoms with Crippen molar-refractivity contribution in [1.29, 1.82) is 0 Å². The Kier molecular flexibility index (Phi) is 3.50. The van der Waals surface area contributed by atoms with Crippen LogP contribution in [-0.2, 0) is 10.3 Å². The van der Waals surface area contributed by atoms with Gasteiger partial charge in [0.15, 0.2) is 0 Å². The number of hydrogen-bond donors (Lipinski definition) is 2. The van der Waals surface area contributed by atoms with Crippen LogP contribution < -0.4 is 5.32 Å². The van der Waals surface area contributed by atoms with E-state index in [0.717, 1.165) is 23.6 Å². The number of aromatic nitrogens is 1. The van der Waals surface area contributed by atoms with Gasteiger partial charge in [0, 0.05) is 18.0 Å². The minimum absolute atomic E-state index is 0.108. The van der Waals surface area contributed by atoms with Crippen LogP contribution in [0.1, 0.15) is 38.1 Å². The van der Waals surface area contributed by atoms with E-state index in [1.54, 1.807) is 17.5 Å². The molecule has 1 N–H and O–H groups in total. The lowest BCUT2D eigenvalue weighted by atomic mass is 10.0. The summed E-state index contributed by atoms with van der Waals surface area (Å²) in [4.78, 5) is 16.3. The van der Waals surface area contributed by atoms with E-state index in [1.165, 1.54) is 0 Å². The number of rotatable bonds is 5. The van der Waals surface area contributed by atoms with Crippen LogP contribution in [-0.4, -0.2) is 16.6 Å². The monoisotopic (exact) mass is 270 g/mol. The molecule has 1 saturated carbocycles. The zero-order valence-corrected chi connectivity index (χ0v) is 11.9. The average molecular weight is 270 g/mol. The third-order valence-corrected chi connectivity index (χ3v) is 5.01. The van der Waals surface area contributed by atoms with Crippen molar-refractivity contribution < 1.29 is 4.79 Å². The van der Waals surface area contributed by atoms with E-state index in [0.29, 0.717) is 6.42 Å². The van der Waals surface area contributed by atoms with E-state index in [4.69, 9.17) is 0 Å². The van der Waals surface area contributed by atoms with Gasteiger partial charge in [-0.15, -0.1) is 11.3 Å². The van der Waals surface area contributed by atoms with Crippen molar-refractivity contribution in [3.63, 3.8) is 0 Å². The highest BCUT2D eigenvalue weighted by Crippen LogP contribution is 2.49. The summed E-state index contributed by atoms with van der Waals surface area (Å²) in [6.45, 7) is 3.98. The second-order valence-electron chi connectivity index (χ2n) is 5.35. The van der Waals surface area contributed by atoms with Crippen LogP contribution in [0.4, 0.5) is 0 Å². The number of amides is 1. The summed E-state index contributed by atoms with van der Waals surface area (Å²) in [5.41, 5.74) is -0.204. The van der Waals surface area contributed by atoms with Crippen LogP contribution in [0.2, 0.25) is 0 Å². The third-order valence-electron chi connectivity index (χ3n) is 3.25. The molecule has 1 aromatic rings. The Morgan fingerprint density at radius 2 is 2.35 bits per heavy atom. The summed E-state index contributed by atoms with van der Waals surface area (Å²) >= 11 is 5.89. The predicted molar refractivity (Wildman–Crippen MR) is 73.4 cm³/mol. The zero-order valence-electron chi connectivity index (χ0n) is 10.2. The van der Waals surface area contributed by atoms with E-state index in [1.807, 2.05) is 19.2 Å². The summed E-state index contributed by atoms with van der Waals surface area (Å²) in [6.07, 6.45) is 4.61. The maximum atomic E-state index is 12.0. The standard InChI is InChI=1S/C12H18N2OS2/c1-11(2,10-13-5-6-17-10)14-9(15)7-12(8-16)3-4-12/h5-6,16H,3-4,7-8H2,1-2H3,(H,14,15).